The molecule has 2 rings (SSSR count). The number of rotatable bonds is 6. The van der Waals surface area contributed by atoms with Gasteiger partial charge in [-0.15, -0.1) is 0 Å². The molecule has 1 aliphatic heterocycles. The van der Waals surface area contributed by atoms with Crippen molar-refractivity contribution in [3.8, 4) is 0 Å². The largest absolute Gasteiger partial charge is 0.314 e. The number of hydrogen-bond acceptors (Lipinski definition) is 2. The van der Waals surface area contributed by atoms with Crippen molar-refractivity contribution < 1.29 is 0 Å². The molecule has 112 valence electrons. The van der Waals surface area contributed by atoms with Crippen LogP contribution in [0.5, 0.6) is 0 Å². The maximum atomic E-state index is 3.51. The minimum Gasteiger partial charge on any atom is -0.314 e. The Hall–Kier alpha value is -0.860. The van der Waals surface area contributed by atoms with Gasteiger partial charge in [0.2, 0.25) is 0 Å². The van der Waals surface area contributed by atoms with Crippen molar-refractivity contribution in [1.29, 1.82) is 0 Å². The Kier molecular flexibility index (Phi) is 5.62. The van der Waals surface area contributed by atoms with Gasteiger partial charge < -0.3 is 5.32 Å². The normalized spacial score (nSPS) is 21.6. The highest BCUT2D eigenvalue weighted by atomic mass is 15.2. The second kappa shape index (κ2) is 7.24. The van der Waals surface area contributed by atoms with Gasteiger partial charge in [0.1, 0.15) is 0 Å². The fourth-order valence-electron chi connectivity index (χ4n) is 2.94. The molecule has 1 N–H and O–H groups in total. The van der Waals surface area contributed by atoms with Gasteiger partial charge in [-0.25, -0.2) is 0 Å². The first-order valence-corrected chi connectivity index (χ1v) is 8.12. The molecule has 2 atom stereocenters. The molecule has 2 heteroatoms. The Labute approximate surface area is 124 Å². The van der Waals surface area contributed by atoms with E-state index in [2.05, 4.69) is 62.2 Å². The number of nitrogens with zero attached hydrogens (tertiary/aromatic N) is 1. The average molecular weight is 274 g/mol. The summed E-state index contributed by atoms with van der Waals surface area (Å²) < 4.78 is 0. The van der Waals surface area contributed by atoms with E-state index in [4.69, 9.17) is 0 Å². The highest BCUT2D eigenvalue weighted by Crippen LogP contribution is 2.21. The van der Waals surface area contributed by atoms with Crippen molar-refractivity contribution in [2.75, 3.05) is 13.1 Å². The van der Waals surface area contributed by atoms with E-state index < -0.39 is 0 Å². The lowest BCUT2D eigenvalue weighted by Gasteiger charge is -2.21. The first-order valence-electron chi connectivity index (χ1n) is 8.12. The summed E-state index contributed by atoms with van der Waals surface area (Å²) in [4.78, 5) is 2.60. The SMILES string of the molecule is CC(C)NCC(C)c1ccc(CN2CCCC2C)cc1. The van der Waals surface area contributed by atoms with Crippen LogP contribution in [0.1, 0.15) is 57.6 Å². The molecule has 1 aliphatic rings. The predicted octanol–water partition coefficient (Wildman–Crippen LogP) is 3.77. The van der Waals surface area contributed by atoms with Gasteiger partial charge in [0.25, 0.3) is 0 Å². The lowest BCUT2D eigenvalue weighted by atomic mass is 9.99. The number of nitrogens with one attached hydrogen (secondary N) is 1. The third-order valence-electron chi connectivity index (χ3n) is 4.46. The van der Waals surface area contributed by atoms with E-state index in [0.29, 0.717) is 12.0 Å². The van der Waals surface area contributed by atoms with Crippen molar-refractivity contribution >= 4 is 0 Å². The Morgan fingerprint density at radius 1 is 1.20 bits per heavy atom. The average Bonchev–Trinajstić information content (AvgIpc) is 2.82. The van der Waals surface area contributed by atoms with Crippen LogP contribution in [0, 0.1) is 0 Å². The molecule has 2 nitrogen and oxygen atoms in total. The van der Waals surface area contributed by atoms with E-state index in [1.807, 2.05) is 0 Å². The van der Waals surface area contributed by atoms with Gasteiger partial charge in [0.15, 0.2) is 0 Å². The van der Waals surface area contributed by atoms with Crippen molar-refractivity contribution in [3.63, 3.8) is 0 Å². The summed E-state index contributed by atoms with van der Waals surface area (Å²) in [5, 5.41) is 3.51. The first-order chi connectivity index (χ1) is 9.56. The van der Waals surface area contributed by atoms with E-state index in [0.717, 1.165) is 19.1 Å². The van der Waals surface area contributed by atoms with Crippen LogP contribution >= 0.6 is 0 Å². The summed E-state index contributed by atoms with van der Waals surface area (Å²) in [6.07, 6.45) is 2.72. The van der Waals surface area contributed by atoms with Gasteiger partial charge in [0, 0.05) is 25.2 Å². The van der Waals surface area contributed by atoms with Crippen LogP contribution in [-0.4, -0.2) is 30.1 Å². The molecule has 0 spiro atoms. The topological polar surface area (TPSA) is 15.3 Å². The Morgan fingerprint density at radius 3 is 2.45 bits per heavy atom. The quantitative estimate of drug-likeness (QED) is 0.849. The smallest absolute Gasteiger partial charge is 0.0236 e. The fraction of sp³-hybridized carbons (Fsp3) is 0.667. The zero-order valence-electron chi connectivity index (χ0n) is 13.5. The third-order valence-corrected chi connectivity index (χ3v) is 4.46. The van der Waals surface area contributed by atoms with Crippen LogP contribution in [0.2, 0.25) is 0 Å². The molecule has 0 aliphatic carbocycles. The summed E-state index contributed by atoms with van der Waals surface area (Å²) in [6.45, 7) is 12.5. The lowest BCUT2D eigenvalue weighted by Crippen LogP contribution is -2.27. The second-order valence-electron chi connectivity index (χ2n) is 6.67. The van der Waals surface area contributed by atoms with E-state index in [-0.39, 0.29) is 0 Å². The molecule has 20 heavy (non-hydrogen) atoms. The minimum absolute atomic E-state index is 0.563. The molecular weight excluding hydrogens is 244 g/mol. The molecule has 1 aromatic carbocycles. The number of hydrogen-bond donors (Lipinski definition) is 1. The van der Waals surface area contributed by atoms with Crippen LogP contribution < -0.4 is 5.32 Å². The van der Waals surface area contributed by atoms with Crippen LogP contribution in [0.25, 0.3) is 0 Å². The molecule has 1 heterocycles. The Bertz CT molecular complexity index is 396. The fourth-order valence-corrected chi connectivity index (χ4v) is 2.94. The van der Waals surface area contributed by atoms with Gasteiger partial charge >= 0.3 is 0 Å². The number of benzene rings is 1. The zero-order chi connectivity index (χ0) is 14.5. The van der Waals surface area contributed by atoms with Crippen molar-refractivity contribution in [2.45, 2.75) is 65.1 Å². The molecule has 2 unspecified atom stereocenters. The third kappa shape index (κ3) is 4.32. The Balaban J connectivity index is 1.89. The second-order valence-corrected chi connectivity index (χ2v) is 6.67. The summed E-state index contributed by atoms with van der Waals surface area (Å²) >= 11 is 0. The maximum Gasteiger partial charge on any atom is 0.0236 e. The molecule has 1 aromatic rings. The molecule has 1 saturated heterocycles. The van der Waals surface area contributed by atoms with Crippen LogP contribution in [0.15, 0.2) is 24.3 Å². The van der Waals surface area contributed by atoms with Gasteiger partial charge in [-0.3, -0.25) is 4.90 Å². The van der Waals surface area contributed by atoms with E-state index in [1.54, 1.807) is 0 Å². The van der Waals surface area contributed by atoms with Crippen LogP contribution in [-0.2, 0) is 6.54 Å². The van der Waals surface area contributed by atoms with Gasteiger partial charge in [-0.05, 0) is 43.4 Å². The molecule has 1 fully saturated rings. The molecule has 0 aromatic heterocycles. The summed E-state index contributed by atoms with van der Waals surface area (Å²) in [5.74, 6) is 0.581. The maximum absolute atomic E-state index is 3.51. The molecule has 0 amide bonds. The summed E-state index contributed by atoms with van der Waals surface area (Å²) in [7, 11) is 0. The highest BCUT2D eigenvalue weighted by Gasteiger charge is 2.19. The van der Waals surface area contributed by atoms with E-state index in [1.165, 1.54) is 30.5 Å². The van der Waals surface area contributed by atoms with E-state index >= 15 is 0 Å². The van der Waals surface area contributed by atoms with Crippen LogP contribution in [0.4, 0.5) is 0 Å². The number of likely N-dealkylation sites (tertiary alicyclic amines) is 1. The molecular formula is C18H30N2. The van der Waals surface area contributed by atoms with E-state index in [9.17, 15) is 0 Å². The van der Waals surface area contributed by atoms with Crippen molar-refractivity contribution in [3.05, 3.63) is 35.4 Å². The van der Waals surface area contributed by atoms with Crippen LogP contribution in [0.3, 0.4) is 0 Å². The minimum atomic E-state index is 0.563. The summed E-state index contributed by atoms with van der Waals surface area (Å²) in [6, 6.07) is 10.6. The summed E-state index contributed by atoms with van der Waals surface area (Å²) in [5.41, 5.74) is 2.89. The molecule has 0 saturated carbocycles. The molecule has 0 bridgehead atoms. The zero-order valence-corrected chi connectivity index (χ0v) is 13.5. The predicted molar refractivity (Wildman–Crippen MR) is 87.1 cm³/mol. The molecule has 0 radical (unpaired) electrons. The lowest BCUT2D eigenvalue weighted by molar-refractivity contribution is 0.260. The van der Waals surface area contributed by atoms with Gasteiger partial charge in [-0.1, -0.05) is 45.0 Å². The Morgan fingerprint density at radius 2 is 1.90 bits per heavy atom. The van der Waals surface area contributed by atoms with Gasteiger partial charge in [-0.2, -0.15) is 0 Å². The monoisotopic (exact) mass is 274 g/mol. The van der Waals surface area contributed by atoms with Crippen molar-refractivity contribution in [2.24, 2.45) is 0 Å². The highest BCUT2D eigenvalue weighted by molar-refractivity contribution is 5.25. The van der Waals surface area contributed by atoms with Gasteiger partial charge in [0.05, 0.1) is 0 Å². The van der Waals surface area contributed by atoms with Crippen molar-refractivity contribution in [1.82, 2.24) is 10.2 Å². The standard InChI is InChI=1S/C18H30N2/c1-14(2)19-12-15(3)18-9-7-17(8-10-18)13-20-11-5-6-16(20)4/h7-10,14-16,19H,5-6,11-13H2,1-4H3. The first kappa shape index (κ1) is 15.5.